The molecule has 1 aromatic rings. The second-order valence-corrected chi connectivity index (χ2v) is 5.02. The summed E-state index contributed by atoms with van der Waals surface area (Å²) in [6.07, 6.45) is 0. The molecule has 4 heteroatoms. The van der Waals surface area contributed by atoms with E-state index in [0.717, 1.165) is 4.47 Å². The lowest BCUT2D eigenvalue weighted by molar-refractivity contribution is 0.0755. The van der Waals surface area contributed by atoms with Crippen molar-refractivity contribution in [3.8, 4) is 0 Å². The molecule has 0 aliphatic carbocycles. The predicted octanol–water partition coefficient (Wildman–Crippen LogP) is 3.58. The summed E-state index contributed by atoms with van der Waals surface area (Å²) >= 11 is 9.19. The fourth-order valence-electron chi connectivity index (χ4n) is 1.12. The molecule has 0 unspecified atom stereocenters. The molecule has 0 radical (unpaired) electrons. The fraction of sp³-hybridized carbons (Fsp3) is 0.364. The van der Waals surface area contributed by atoms with E-state index in [2.05, 4.69) is 15.9 Å². The van der Waals surface area contributed by atoms with Crippen LogP contribution in [0.15, 0.2) is 22.7 Å². The first-order chi connectivity index (χ1) is 6.91. The van der Waals surface area contributed by atoms with Crippen LogP contribution in [0, 0.1) is 0 Å². The average Bonchev–Trinajstić information content (AvgIpc) is 2.13. The van der Waals surface area contributed by atoms with Crippen LogP contribution in [0.4, 0.5) is 0 Å². The Labute approximate surface area is 103 Å². The van der Waals surface area contributed by atoms with E-state index in [4.69, 9.17) is 11.6 Å². The molecule has 1 amide bonds. The maximum atomic E-state index is 11.9. The molecule has 1 aromatic carbocycles. The van der Waals surface area contributed by atoms with E-state index in [1.807, 2.05) is 13.8 Å². The highest BCUT2D eigenvalue weighted by molar-refractivity contribution is 9.10. The van der Waals surface area contributed by atoms with Gasteiger partial charge in [-0.2, -0.15) is 0 Å². The van der Waals surface area contributed by atoms with Gasteiger partial charge in [0, 0.05) is 28.1 Å². The number of hydrogen-bond acceptors (Lipinski definition) is 1. The minimum Gasteiger partial charge on any atom is -0.339 e. The number of benzene rings is 1. The molecule has 0 aliphatic rings. The van der Waals surface area contributed by atoms with Gasteiger partial charge >= 0.3 is 0 Å². The summed E-state index contributed by atoms with van der Waals surface area (Å²) < 4.78 is 0.815. The van der Waals surface area contributed by atoms with E-state index in [1.54, 1.807) is 30.1 Å². The smallest absolute Gasteiger partial charge is 0.253 e. The Morgan fingerprint density at radius 2 is 2.00 bits per heavy atom. The third-order valence-corrected chi connectivity index (χ3v) is 2.88. The maximum absolute atomic E-state index is 11.9. The topological polar surface area (TPSA) is 20.3 Å². The number of nitrogens with zero attached hydrogens (tertiary/aromatic N) is 1. The van der Waals surface area contributed by atoms with Crippen LogP contribution in [0.1, 0.15) is 24.2 Å². The number of halogens is 2. The Bertz CT molecular complexity index is 359. The van der Waals surface area contributed by atoms with E-state index in [9.17, 15) is 4.79 Å². The summed E-state index contributed by atoms with van der Waals surface area (Å²) in [5, 5.41) is 0.560. The first-order valence-corrected chi connectivity index (χ1v) is 5.82. The van der Waals surface area contributed by atoms with E-state index in [1.165, 1.54) is 0 Å². The summed E-state index contributed by atoms with van der Waals surface area (Å²) in [6, 6.07) is 5.38. The minimum absolute atomic E-state index is 0.0202. The Hall–Kier alpha value is -0.540. The van der Waals surface area contributed by atoms with Crippen LogP contribution in [0.25, 0.3) is 0 Å². The number of amides is 1. The molecule has 0 fully saturated rings. The zero-order valence-electron chi connectivity index (χ0n) is 8.92. The molecule has 0 atom stereocenters. The summed E-state index contributed by atoms with van der Waals surface area (Å²) in [4.78, 5) is 13.6. The molecule has 0 spiro atoms. The Kier molecular flexibility index (Phi) is 4.17. The van der Waals surface area contributed by atoms with Gasteiger partial charge in [-0.25, -0.2) is 0 Å². The van der Waals surface area contributed by atoms with Crippen molar-refractivity contribution >= 4 is 33.4 Å². The molecular weight excluding hydrogens is 277 g/mol. The van der Waals surface area contributed by atoms with Crippen molar-refractivity contribution in [2.24, 2.45) is 0 Å². The van der Waals surface area contributed by atoms with Crippen molar-refractivity contribution in [1.82, 2.24) is 4.90 Å². The number of carbonyl (C=O) groups is 1. The van der Waals surface area contributed by atoms with Crippen LogP contribution in [0.5, 0.6) is 0 Å². The SMILES string of the molecule is CC(C)N(C)C(=O)c1cc(Cl)cc(Br)c1. The molecule has 82 valence electrons. The minimum atomic E-state index is -0.0202. The summed E-state index contributed by atoms with van der Waals surface area (Å²) in [5.74, 6) is -0.0202. The number of hydrogen-bond donors (Lipinski definition) is 0. The van der Waals surface area contributed by atoms with Crippen molar-refractivity contribution in [1.29, 1.82) is 0 Å². The normalized spacial score (nSPS) is 10.5. The van der Waals surface area contributed by atoms with Gasteiger partial charge < -0.3 is 4.90 Å². The van der Waals surface area contributed by atoms with Gasteiger partial charge in [0.05, 0.1) is 0 Å². The molecule has 0 saturated heterocycles. The van der Waals surface area contributed by atoms with E-state index < -0.39 is 0 Å². The van der Waals surface area contributed by atoms with Crippen LogP contribution in [-0.2, 0) is 0 Å². The highest BCUT2D eigenvalue weighted by Crippen LogP contribution is 2.20. The predicted molar refractivity (Wildman–Crippen MR) is 66.4 cm³/mol. The molecule has 15 heavy (non-hydrogen) atoms. The number of rotatable bonds is 2. The van der Waals surface area contributed by atoms with Crippen molar-refractivity contribution in [3.63, 3.8) is 0 Å². The average molecular weight is 291 g/mol. The Balaban J connectivity index is 3.01. The highest BCUT2D eigenvalue weighted by Gasteiger charge is 2.14. The zero-order chi connectivity index (χ0) is 11.6. The second kappa shape index (κ2) is 4.99. The fourth-order valence-corrected chi connectivity index (χ4v) is 1.98. The molecule has 1 rings (SSSR count). The van der Waals surface area contributed by atoms with Gasteiger partial charge in [0.2, 0.25) is 0 Å². The lowest BCUT2D eigenvalue weighted by Crippen LogP contribution is -2.32. The van der Waals surface area contributed by atoms with Crippen LogP contribution in [0.3, 0.4) is 0 Å². The molecule has 0 aromatic heterocycles. The zero-order valence-corrected chi connectivity index (χ0v) is 11.3. The first kappa shape index (κ1) is 12.5. The monoisotopic (exact) mass is 289 g/mol. The van der Waals surface area contributed by atoms with E-state index >= 15 is 0 Å². The van der Waals surface area contributed by atoms with Gasteiger partial charge in [-0.1, -0.05) is 27.5 Å². The standard InChI is InChI=1S/C11H13BrClNO/c1-7(2)14(3)11(15)8-4-9(12)6-10(13)5-8/h4-7H,1-3H3. The quantitative estimate of drug-likeness (QED) is 0.815. The summed E-state index contributed by atoms with van der Waals surface area (Å²) in [6.45, 7) is 3.94. The molecule has 0 aliphatic heterocycles. The van der Waals surface area contributed by atoms with Gasteiger partial charge in [-0.05, 0) is 32.0 Å². The molecule has 0 bridgehead atoms. The van der Waals surface area contributed by atoms with Crippen LogP contribution < -0.4 is 0 Å². The van der Waals surface area contributed by atoms with Crippen molar-refractivity contribution in [2.75, 3.05) is 7.05 Å². The van der Waals surface area contributed by atoms with Crippen LogP contribution in [-0.4, -0.2) is 23.9 Å². The highest BCUT2D eigenvalue weighted by atomic mass is 79.9. The third kappa shape index (κ3) is 3.21. The van der Waals surface area contributed by atoms with Gasteiger partial charge in [0.1, 0.15) is 0 Å². The number of carbonyl (C=O) groups excluding carboxylic acids is 1. The second-order valence-electron chi connectivity index (χ2n) is 3.67. The lowest BCUT2D eigenvalue weighted by atomic mass is 10.2. The van der Waals surface area contributed by atoms with Crippen molar-refractivity contribution in [2.45, 2.75) is 19.9 Å². The molecule has 0 saturated carbocycles. The molecule has 0 heterocycles. The molecule has 2 nitrogen and oxygen atoms in total. The van der Waals surface area contributed by atoms with Gasteiger partial charge in [0.15, 0.2) is 0 Å². The van der Waals surface area contributed by atoms with Gasteiger partial charge in [-0.3, -0.25) is 4.79 Å². The van der Waals surface area contributed by atoms with Crippen LogP contribution in [0.2, 0.25) is 5.02 Å². The Morgan fingerprint density at radius 1 is 1.40 bits per heavy atom. The van der Waals surface area contributed by atoms with Crippen molar-refractivity contribution < 1.29 is 4.79 Å². The first-order valence-electron chi connectivity index (χ1n) is 4.65. The summed E-state index contributed by atoms with van der Waals surface area (Å²) in [7, 11) is 1.78. The maximum Gasteiger partial charge on any atom is 0.253 e. The molecule has 0 N–H and O–H groups in total. The Morgan fingerprint density at radius 3 is 2.47 bits per heavy atom. The van der Waals surface area contributed by atoms with Gasteiger partial charge in [0.25, 0.3) is 5.91 Å². The largest absolute Gasteiger partial charge is 0.339 e. The van der Waals surface area contributed by atoms with E-state index in [-0.39, 0.29) is 11.9 Å². The lowest BCUT2D eigenvalue weighted by Gasteiger charge is -2.21. The summed E-state index contributed by atoms with van der Waals surface area (Å²) in [5.41, 5.74) is 0.602. The van der Waals surface area contributed by atoms with Crippen molar-refractivity contribution in [3.05, 3.63) is 33.3 Å². The molecular formula is C11H13BrClNO. The van der Waals surface area contributed by atoms with Gasteiger partial charge in [-0.15, -0.1) is 0 Å². The van der Waals surface area contributed by atoms with E-state index in [0.29, 0.717) is 10.6 Å². The van der Waals surface area contributed by atoms with Crippen LogP contribution >= 0.6 is 27.5 Å². The third-order valence-electron chi connectivity index (χ3n) is 2.20.